The number of hydrogen-bond donors (Lipinski definition) is 3. The van der Waals surface area contributed by atoms with Crippen LogP contribution in [-0.4, -0.2) is 23.7 Å². The van der Waals surface area contributed by atoms with Crippen LogP contribution in [0.1, 0.15) is 18.5 Å². The van der Waals surface area contributed by atoms with Crippen LogP contribution in [-0.2, 0) is 4.79 Å². The van der Waals surface area contributed by atoms with E-state index in [1.807, 2.05) is 0 Å². The highest BCUT2D eigenvalue weighted by atomic mass is 16.7. The van der Waals surface area contributed by atoms with Crippen molar-refractivity contribution < 1.29 is 24.0 Å². The van der Waals surface area contributed by atoms with Gasteiger partial charge in [-0.1, -0.05) is 12.1 Å². The number of benzene rings is 2. The smallest absolute Gasteiger partial charge is 0.319 e. The predicted molar refractivity (Wildman–Crippen MR) is 101 cm³/mol. The van der Waals surface area contributed by atoms with Crippen molar-refractivity contribution in [2.75, 3.05) is 12.1 Å². The molecule has 10 heteroatoms. The molecule has 4 rings (SSSR count). The number of non-ortho nitro benzene ring substituents is 1. The second kappa shape index (κ2) is 7.15. The third kappa shape index (κ3) is 3.55. The molecule has 0 bridgehead atoms. The maximum absolute atomic E-state index is 13.0. The fourth-order valence-electron chi connectivity index (χ4n) is 3.23. The van der Waals surface area contributed by atoms with Crippen molar-refractivity contribution in [3.63, 3.8) is 0 Å². The number of carbonyl (C=O) groups is 2. The fourth-order valence-corrected chi connectivity index (χ4v) is 3.23. The highest BCUT2D eigenvalue weighted by Gasteiger charge is 2.32. The average Bonchev–Trinajstić information content (AvgIpc) is 3.15. The van der Waals surface area contributed by atoms with E-state index >= 15 is 0 Å². The summed E-state index contributed by atoms with van der Waals surface area (Å²) in [5.74, 6) is 0.599. The Kier molecular flexibility index (Phi) is 4.51. The molecule has 0 saturated heterocycles. The molecular weight excluding hydrogens is 380 g/mol. The maximum atomic E-state index is 13.0. The lowest BCUT2D eigenvalue weighted by molar-refractivity contribution is -0.384. The Balaban J connectivity index is 1.66. The van der Waals surface area contributed by atoms with E-state index in [1.165, 1.54) is 18.2 Å². The van der Waals surface area contributed by atoms with E-state index in [9.17, 15) is 19.7 Å². The SMILES string of the molecule is CC1=C(C(=O)Nc2cccc([N+](=O)[O-])c2)C(c2ccc3c(c2)OCO3)NC(=O)N1. The fraction of sp³-hybridized carbons (Fsp3) is 0.158. The van der Waals surface area contributed by atoms with Gasteiger partial charge in [0.25, 0.3) is 11.6 Å². The lowest BCUT2D eigenvalue weighted by Crippen LogP contribution is -2.45. The minimum absolute atomic E-state index is 0.104. The van der Waals surface area contributed by atoms with Gasteiger partial charge >= 0.3 is 6.03 Å². The molecule has 3 amide bonds. The number of nitro benzene ring substituents is 1. The number of carbonyl (C=O) groups excluding carboxylic acids is 2. The van der Waals surface area contributed by atoms with Crippen LogP contribution in [0.4, 0.5) is 16.2 Å². The molecule has 29 heavy (non-hydrogen) atoms. The van der Waals surface area contributed by atoms with Gasteiger partial charge in [-0.05, 0) is 30.7 Å². The topological polar surface area (TPSA) is 132 Å². The zero-order chi connectivity index (χ0) is 20.5. The third-order valence-corrected chi connectivity index (χ3v) is 4.56. The Morgan fingerprint density at radius 3 is 2.79 bits per heavy atom. The van der Waals surface area contributed by atoms with Crippen LogP contribution < -0.4 is 25.4 Å². The van der Waals surface area contributed by atoms with Gasteiger partial charge < -0.3 is 25.4 Å². The first-order valence-corrected chi connectivity index (χ1v) is 8.66. The van der Waals surface area contributed by atoms with Crippen molar-refractivity contribution in [3.05, 3.63) is 69.4 Å². The van der Waals surface area contributed by atoms with Crippen LogP contribution in [0.3, 0.4) is 0 Å². The van der Waals surface area contributed by atoms with E-state index in [-0.39, 0.29) is 23.7 Å². The number of allylic oxidation sites excluding steroid dienone is 1. The summed E-state index contributed by atoms with van der Waals surface area (Å²) in [7, 11) is 0. The van der Waals surface area contributed by atoms with Crippen LogP contribution >= 0.6 is 0 Å². The van der Waals surface area contributed by atoms with E-state index in [2.05, 4.69) is 16.0 Å². The number of ether oxygens (including phenoxy) is 2. The molecule has 2 aromatic rings. The van der Waals surface area contributed by atoms with Gasteiger partial charge in [0.15, 0.2) is 11.5 Å². The van der Waals surface area contributed by atoms with E-state index in [1.54, 1.807) is 31.2 Å². The minimum Gasteiger partial charge on any atom is -0.454 e. The molecule has 0 radical (unpaired) electrons. The van der Waals surface area contributed by atoms with E-state index in [0.29, 0.717) is 22.8 Å². The maximum Gasteiger partial charge on any atom is 0.319 e. The molecule has 2 aliphatic heterocycles. The monoisotopic (exact) mass is 396 g/mol. The van der Waals surface area contributed by atoms with Crippen LogP contribution in [0.5, 0.6) is 11.5 Å². The number of amides is 3. The predicted octanol–water partition coefficient (Wildman–Crippen LogP) is 2.59. The second-order valence-electron chi connectivity index (χ2n) is 6.44. The van der Waals surface area contributed by atoms with Gasteiger partial charge in [0.05, 0.1) is 16.5 Å². The van der Waals surface area contributed by atoms with Crippen molar-refractivity contribution in [2.45, 2.75) is 13.0 Å². The van der Waals surface area contributed by atoms with Crippen molar-refractivity contribution >= 4 is 23.3 Å². The number of nitrogens with zero attached hydrogens (tertiary/aromatic N) is 1. The normalized spacial score (nSPS) is 17.4. The molecule has 0 spiro atoms. The molecule has 2 aromatic carbocycles. The van der Waals surface area contributed by atoms with E-state index in [4.69, 9.17) is 9.47 Å². The zero-order valence-electron chi connectivity index (χ0n) is 15.2. The van der Waals surface area contributed by atoms with Crippen molar-refractivity contribution in [1.29, 1.82) is 0 Å². The second-order valence-corrected chi connectivity index (χ2v) is 6.44. The van der Waals surface area contributed by atoms with Crippen molar-refractivity contribution in [1.82, 2.24) is 10.6 Å². The molecule has 2 heterocycles. The van der Waals surface area contributed by atoms with Crippen molar-refractivity contribution in [3.8, 4) is 11.5 Å². The minimum atomic E-state index is -0.739. The summed E-state index contributed by atoms with van der Waals surface area (Å²) in [6.07, 6.45) is 0. The summed E-state index contributed by atoms with van der Waals surface area (Å²) in [5.41, 5.74) is 1.41. The molecule has 3 N–H and O–H groups in total. The summed E-state index contributed by atoms with van der Waals surface area (Å²) < 4.78 is 10.7. The highest BCUT2D eigenvalue weighted by Crippen LogP contribution is 2.37. The van der Waals surface area contributed by atoms with Gasteiger partial charge in [0.1, 0.15) is 0 Å². The first kappa shape index (κ1) is 18.3. The summed E-state index contributed by atoms with van der Waals surface area (Å²) >= 11 is 0. The van der Waals surface area contributed by atoms with Crippen LogP contribution in [0.2, 0.25) is 0 Å². The molecule has 148 valence electrons. The number of urea groups is 1. The Morgan fingerprint density at radius 2 is 2.00 bits per heavy atom. The summed E-state index contributed by atoms with van der Waals surface area (Å²) in [6, 6.07) is 9.57. The molecule has 1 unspecified atom stereocenters. The van der Waals surface area contributed by atoms with E-state index < -0.39 is 22.9 Å². The van der Waals surface area contributed by atoms with Gasteiger partial charge in [-0.25, -0.2) is 4.79 Å². The number of nitrogens with one attached hydrogen (secondary N) is 3. The Hall–Kier alpha value is -4.08. The lowest BCUT2D eigenvalue weighted by Gasteiger charge is -2.28. The van der Waals surface area contributed by atoms with Crippen molar-refractivity contribution in [2.24, 2.45) is 0 Å². The summed E-state index contributed by atoms with van der Waals surface area (Å²) in [4.78, 5) is 35.4. The number of anilines is 1. The lowest BCUT2D eigenvalue weighted by atomic mass is 9.94. The Labute approximate surface area is 164 Å². The van der Waals surface area contributed by atoms with Gasteiger partial charge in [0, 0.05) is 23.5 Å². The molecule has 2 aliphatic rings. The molecule has 0 saturated carbocycles. The average molecular weight is 396 g/mol. The number of nitro groups is 1. The molecule has 0 fully saturated rings. The molecule has 0 aliphatic carbocycles. The third-order valence-electron chi connectivity index (χ3n) is 4.56. The Morgan fingerprint density at radius 1 is 1.21 bits per heavy atom. The summed E-state index contributed by atoms with van der Waals surface area (Å²) in [5, 5.41) is 18.9. The van der Waals surface area contributed by atoms with Crippen LogP contribution in [0, 0.1) is 10.1 Å². The molecule has 10 nitrogen and oxygen atoms in total. The number of rotatable bonds is 4. The largest absolute Gasteiger partial charge is 0.454 e. The number of hydrogen-bond acceptors (Lipinski definition) is 6. The molecule has 0 aromatic heterocycles. The number of fused-ring (bicyclic) bond motifs is 1. The van der Waals surface area contributed by atoms with Gasteiger partial charge in [0.2, 0.25) is 6.79 Å². The van der Waals surface area contributed by atoms with Gasteiger partial charge in [-0.2, -0.15) is 0 Å². The van der Waals surface area contributed by atoms with Crippen LogP contribution in [0.15, 0.2) is 53.7 Å². The summed E-state index contributed by atoms with van der Waals surface area (Å²) in [6.45, 7) is 1.72. The van der Waals surface area contributed by atoms with E-state index in [0.717, 1.165) is 0 Å². The molecule has 1 atom stereocenters. The highest BCUT2D eigenvalue weighted by molar-refractivity contribution is 6.06. The zero-order valence-corrected chi connectivity index (χ0v) is 15.2. The first-order valence-electron chi connectivity index (χ1n) is 8.66. The quantitative estimate of drug-likeness (QED) is 0.538. The Bertz CT molecular complexity index is 1060. The van der Waals surface area contributed by atoms with Gasteiger partial charge in [-0.3, -0.25) is 14.9 Å². The first-order chi connectivity index (χ1) is 13.9. The van der Waals surface area contributed by atoms with Gasteiger partial charge in [-0.15, -0.1) is 0 Å². The standard InChI is InChI=1S/C19H16N4O6/c1-10-16(18(24)21-12-3-2-4-13(8-12)23(26)27)17(22-19(25)20-10)11-5-6-14-15(7-11)29-9-28-14/h2-8,17H,9H2,1H3,(H,21,24)(H2,20,22,25). The van der Waals surface area contributed by atoms with Crippen LogP contribution in [0.25, 0.3) is 0 Å². The molecular formula is C19H16N4O6.